The minimum Gasteiger partial charge on any atom is -0.756 e. The number of quaternary nitrogens is 1. The topological polar surface area (TPSA) is 58.6 Å². The third kappa shape index (κ3) is 16.3. The minimum absolute atomic E-state index is 0.231. The lowest BCUT2D eigenvalue weighted by molar-refractivity contribution is -0.870. The van der Waals surface area contributed by atoms with Gasteiger partial charge in [0.25, 0.3) is 7.82 Å². The van der Waals surface area contributed by atoms with Crippen LogP contribution in [0.4, 0.5) is 0 Å². The molecule has 0 aliphatic heterocycles. The van der Waals surface area contributed by atoms with Gasteiger partial charge in [-0.1, -0.05) is 25.7 Å². The highest BCUT2D eigenvalue weighted by molar-refractivity contribution is 7.45. The van der Waals surface area contributed by atoms with Gasteiger partial charge in [-0.3, -0.25) is 4.57 Å². The average molecular weight is 323 g/mol. The summed E-state index contributed by atoms with van der Waals surface area (Å²) in [4.78, 5) is 11.3. The van der Waals surface area contributed by atoms with Crippen molar-refractivity contribution in [1.29, 1.82) is 0 Å². The van der Waals surface area contributed by atoms with Gasteiger partial charge in [-0.25, -0.2) is 0 Å². The molecule has 1 unspecified atom stereocenters. The van der Waals surface area contributed by atoms with Gasteiger partial charge in [-0.15, -0.1) is 0 Å². The van der Waals surface area contributed by atoms with Gasteiger partial charge in [0.2, 0.25) is 0 Å². The summed E-state index contributed by atoms with van der Waals surface area (Å²) >= 11 is 0. The van der Waals surface area contributed by atoms with E-state index in [9.17, 15) is 9.46 Å². The molecule has 0 saturated carbocycles. The van der Waals surface area contributed by atoms with Crippen LogP contribution in [0.2, 0.25) is 0 Å². The van der Waals surface area contributed by atoms with Crippen LogP contribution in [0, 0.1) is 0 Å². The second kappa shape index (κ2) is 10.7. The number of nitrogens with zero attached hydrogens (tertiary/aromatic N) is 1. The molecule has 0 heterocycles. The number of phosphoric acid groups is 1. The maximum atomic E-state index is 11.3. The van der Waals surface area contributed by atoms with Crippen molar-refractivity contribution in [3.8, 4) is 0 Å². The first-order chi connectivity index (χ1) is 9.62. The summed E-state index contributed by atoms with van der Waals surface area (Å²) in [5, 5.41) is 0. The number of phosphoric ester groups is 1. The van der Waals surface area contributed by atoms with Crippen molar-refractivity contribution in [2.45, 2.75) is 64.9 Å². The Morgan fingerprint density at radius 2 is 1.43 bits per heavy atom. The van der Waals surface area contributed by atoms with Gasteiger partial charge in [-0.2, -0.15) is 0 Å². The monoisotopic (exact) mass is 323 g/mol. The first kappa shape index (κ1) is 21.1. The van der Waals surface area contributed by atoms with Gasteiger partial charge < -0.3 is 18.4 Å². The molecule has 0 amide bonds. The van der Waals surface area contributed by atoms with Crippen LogP contribution < -0.4 is 4.89 Å². The van der Waals surface area contributed by atoms with Gasteiger partial charge in [0.1, 0.15) is 0 Å². The van der Waals surface area contributed by atoms with Crippen LogP contribution >= 0.6 is 7.82 Å². The summed E-state index contributed by atoms with van der Waals surface area (Å²) in [5.41, 5.74) is 0. The molecule has 0 aliphatic carbocycles. The molecule has 6 heteroatoms. The second-order valence-electron chi connectivity index (χ2n) is 6.92. The molecule has 5 nitrogen and oxygen atoms in total. The Balaban J connectivity index is 3.35. The lowest BCUT2D eigenvalue weighted by atomic mass is 10.1. The van der Waals surface area contributed by atoms with Crippen molar-refractivity contribution >= 4 is 7.82 Å². The van der Waals surface area contributed by atoms with Crippen molar-refractivity contribution in [3.05, 3.63) is 0 Å². The molecule has 0 radical (unpaired) electrons. The quantitative estimate of drug-likeness (QED) is 0.296. The van der Waals surface area contributed by atoms with Gasteiger partial charge in [0.15, 0.2) is 0 Å². The zero-order valence-corrected chi connectivity index (χ0v) is 15.4. The summed E-state index contributed by atoms with van der Waals surface area (Å²) in [6.07, 6.45) is 7.60. The molecule has 0 rings (SSSR count). The van der Waals surface area contributed by atoms with E-state index in [1.165, 1.54) is 32.2 Å². The molecule has 0 aliphatic rings. The summed E-state index contributed by atoms with van der Waals surface area (Å²) in [7, 11) is 2.57. The normalized spacial score (nSPS) is 15.4. The molecule has 0 fully saturated rings. The fourth-order valence-corrected chi connectivity index (χ4v) is 2.97. The van der Waals surface area contributed by atoms with E-state index in [4.69, 9.17) is 9.05 Å². The predicted octanol–water partition coefficient (Wildman–Crippen LogP) is 3.33. The van der Waals surface area contributed by atoms with Crippen molar-refractivity contribution in [2.75, 3.05) is 34.3 Å². The average Bonchev–Trinajstić information content (AvgIpc) is 2.28. The van der Waals surface area contributed by atoms with Crippen LogP contribution in [0.1, 0.15) is 58.8 Å². The third-order valence-electron chi connectivity index (χ3n) is 3.06. The van der Waals surface area contributed by atoms with E-state index in [0.717, 1.165) is 23.7 Å². The molecule has 0 spiro atoms. The lowest BCUT2D eigenvalue weighted by Crippen LogP contribution is -2.35. The lowest BCUT2D eigenvalue weighted by Gasteiger charge is -2.24. The van der Waals surface area contributed by atoms with Crippen LogP contribution in [-0.4, -0.2) is 44.9 Å². The number of unbranched alkanes of at least 4 members (excludes halogenated alkanes) is 6. The third-order valence-corrected chi connectivity index (χ3v) is 4.24. The maximum Gasteiger partial charge on any atom is 0.268 e. The summed E-state index contributed by atoms with van der Waals surface area (Å²) < 4.78 is 21.9. The zero-order valence-electron chi connectivity index (χ0n) is 14.5. The highest BCUT2D eigenvalue weighted by atomic mass is 31.2. The van der Waals surface area contributed by atoms with Crippen LogP contribution in [0.15, 0.2) is 0 Å². The van der Waals surface area contributed by atoms with Crippen molar-refractivity contribution in [3.63, 3.8) is 0 Å². The fraction of sp³-hybridized carbons (Fsp3) is 1.00. The molecular formula is C15H34NO4P. The van der Waals surface area contributed by atoms with Crippen LogP contribution in [0.3, 0.4) is 0 Å². The predicted molar refractivity (Wildman–Crippen MR) is 85.0 cm³/mol. The largest absolute Gasteiger partial charge is 0.756 e. The Morgan fingerprint density at radius 1 is 0.952 bits per heavy atom. The van der Waals surface area contributed by atoms with Gasteiger partial charge in [0, 0.05) is 0 Å². The Morgan fingerprint density at radius 3 is 1.90 bits per heavy atom. The Labute approximate surface area is 130 Å². The van der Waals surface area contributed by atoms with E-state index in [-0.39, 0.29) is 12.7 Å². The van der Waals surface area contributed by atoms with Crippen LogP contribution in [-0.2, 0) is 13.6 Å². The van der Waals surface area contributed by atoms with Gasteiger partial charge >= 0.3 is 0 Å². The maximum absolute atomic E-state index is 11.3. The first-order valence-electron chi connectivity index (χ1n) is 8.07. The van der Waals surface area contributed by atoms with E-state index in [0.29, 0.717) is 0 Å². The molecule has 0 N–H and O–H groups in total. The minimum atomic E-state index is -4.09. The molecule has 21 heavy (non-hydrogen) atoms. The van der Waals surface area contributed by atoms with Crippen LogP contribution in [0.5, 0.6) is 0 Å². The SMILES string of the molecule is CC(C)OP(=O)([O-])OCCCCCCCCC[N+](C)(C)C. The molecule has 0 aromatic rings. The molecule has 0 saturated heterocycles. The molecule has 128 valence electrons. The summed E-state index contributed by atoms with van der Waals surface area (Å²) in [6.45, 7) is 4.80. The molecule has 0 bridgehead atoms. The van der Waals surface area contributed by atoms with Crippen molar-refractivity contribution < 1.29 is 23.0 Å². The Kier molecular flexibility index (Phi) is 10.8. The molecule has 0 aromatic carbocycles. The fourth-order valence-electron chi connectivity index (χ4n) is 2.04. The second-order valence-corrected chi connectivity index (χ2v) is 8.29. The van der Waals surface area contributed by atoms with E-state index in [1.54, 1.807) is 13.8 Å². The van der Waals surface area contributed by atoms with Crippen LogP contribution in [0.25, 0.3) is 0 Å². The van der Waals surface area contributed by atoms with E-state index < -0.39 is 7.82 Å². The highest BCUT2D eigenvalue weighted by Crippen LogP contribution is 2.39. The number of hydrogen-bond acceptors (Lipinski definition) is 4. The summed E-state index contributed by atoms with van der Waals surface area (Å²) in [6, 6.07) is 0. The molecular weight excluding hydrogens is 289 g/mol. The first-order valence-corrected chi connectivity index (χ1v) is 9.53. The number of hydrogen-bond donors (Lipinski definition) is 0. The van der Waals surface area contributed by atoms with Gasteiger partial charge in [-0.05, 0) is 33.1 Å². The van der Waals surface area contributed by atoms with Crippen molar-refractivity contribution in [1.82, 2.24) is 0 Å². The summed E-state index contributed by atoms with van der Waals surface area (Å²) in [5.74, 6) is 0. The van der Waals surface area contributed by atoms with E-state index in [1.807, 2.05) is 0 Å². The highest BCUT2D eigenvalue weighted by Gasteiger charge is 2.10. The van der Waals surface area contributed by atoms with E-state index >= 15 is 0 Å². The number of rotatable bonds is 13. The molecule has 1 atom stereocenters. The Hall–Kier alpha value is 0.0700. The zero-order chi connectivity index (χ0) is 16.4. The standard InChI is InChI=1S/C15H34NO4P/c1-15(2)20-21(17,18)19-14-12-10-8-6-7-9-11-13-16(3,4)5/h15H,6-14H2,1-5H3. The Bertz CT molecular complexity index is 303. The smallest absolute Gasteiger partial charge is 0.268 e. The van der Waals surface area contributed by atoms with Crippen molar-refractivity contribution in [2.24, 2.45) is 0 Å². The van der Waals surface area contributed by atoms with E-state index in [2.05, 4.69) is 21.1 Å². The van der Waals surface area contributed by atoms with Gasteiger partial charge in [0.05, 0.1) is 40.4 Å². The molecule has 0 aromatic heterocycles.